The van der Waals surface area contributed by atoms with Crippen molar-refractivity contribution in [2.24, 2.45) is 0 Å². The molecule has 2 heterocycles. The van der Waals surface area contributed by atoms with Crippen molar-refractivity contribution in [3.05, 3.63) is 41.7 Å². The van der Waals surface area contributed by atoms with Crippen LogP contribution in [0.5, 0.6) is 0 Å². The van der Waals surface area contributed by atoms with Gasteiger partial charge in [0, 0.05) is 49.4 Å². The van der Waals surface area contributed by atoms with Crippen molar-refractivity contribution in [1.82, 2.24) is 19.6 Å². The van der Waals surface area contributed by atoms with E-state index in [2.05, 4.69) is 45.0 Å². The number of anilines is 1. The minimum atomic E-state index is 0.0612. The highest BCUT2D eigenvalue weighted by molar-refractivity contribution is 5.92. The zero-order valence-electron chi connectivity index (χ0n) is 16.6. The molecule has 6 heteroatoms. The first-order chi connectivity index (χ1) is 13.7. The maximum absolute atomic E-state index is 12.4. The van der Waals surface area contributed by atoms with Crippen LogP contribution in [-0.4, -0.2) is 65.3 Å². The maximum Gasteiger partial charge on any atom is 0.238 e. The lowest BCUT2D eigenvalue weighted by Gasteiger charge is -2.31. The molecule has 1 aromatic carbocycles. The minimum Gasteiger partial charge on any atom is -0.325 e. The van der Waals surface area contributed by atoms with Gasteiger partial charge in [-0.25, -0.2) is 4.68 Å². The van der Waals surface area contributed by atoms with Crippen LogP contribution in [-0.2, 0) is 4.79 Å². The molecule has 28 heavy (non-hydrogen) atoms. The predicted molar refractivity (Wildman–Crippen MR) is 110 cm³/mol. The van der Waals surface area contributed by atoms with Crippen LogP contribution in [0.25, 0.3) is 5.69 Å². The second-order valence-electron chi connectivity index (χ2n) is 8.63. The van der Waals surface area contributed by atoms with Crippen LogP contribution in [0, 0.1) is 0 Å². The van der Waals surface area contributed by atoms with E-state index in [-0.39, 0.29) is 5.91 Å². The van der Waals surface area contributed by atoms with Gasteiger partial charge in [0.15, 0.2) is 0 Å². The number of benzene rings is 1. The van der Waals surface area contributed by atoms with Crippen LogP contribution < -0.4 is 5.32 Å². The Balaban J connectivity index is 1.24. The van der Waals surface area contributed by atoms with E-state index in [9.17, 15) is 4.79 Å². The van der Waals surface area contributed by atoms with Crippen molar-refractivity contribution in [1.29, 1.82) is 0 Å². The molecule has 1 amide bonds. The normalized spacial score (nSPS) is 21.0. The SMILES string of the molecule is CN1CCN(CC(=O)Nc2ccc(-n3nc(C4CC4)cc3C3CC3)cc2)CC1. The van der Waals surface area contributed by atoms with E-state index in [1.54, 1.807) is 0 Å². The molecular weight excluding hydrogens is 350 g/mol. The molecule has 3 aliphatic rings. The van der Waals surface area contributed by atoms with Gasteiger partial charge in [-0.1, -0.05) is 0 Å². The van der Waals surface area contributed by atoms with Gasteiger partial charge in [-0.15, -0.1) is 0 Å². The van der Waals surface area contributed by atoms with Crippen LogP contribution in [0.4, 0.5) is 5.69 Å². The molecule has 0 atom stereocenters. The Hall–Kier alpha value is -2.18. The number of hydrogen-bond donors (Lipinski definition) is 1. The highest BCUT2D eigenvalue weighted by Gasteiger charge is 2.32. The molecule has 6 nitrogen and oxygen atoms in total. The zero-order chi connectivity index (χ0) is 19.1. The Kier molecular flexibility index (Phi) is 4.69. The molecule has 0 spiro atoms. The molecule has 1 aliphatic heterocycles. The largest absolute Gasteiger partial charge is 0.325 e. The summed E-state index contributed by atoms with van der Waals surface area (Å²) in [6.45, 7) is 4.42. The molecule has 148 valence electrons. The molecule has 1 N–H and O–H groups in total. The first-order valence-electron chi connectivity index (χ1n) is 10.6. The number of nitrogens with one attached hydrogen (secondary N) is 1. The van der Waals surface area contributed by atoms with E-state index >= 15 is 0 Å². The van der Waals surface area contributed by atoms with E-state index in [1.807, 2.05) is 12.1 Å². The van der Waals surface area contributed by atoms with Gasteiger partial charge >= 0.3 is 0 Å². The third-order valence-electron chi connectivity index (χ3n) is 6.11. The zero-order valence-corrected chi connectivity index (χ0v) is 16.6. The van der Waals surface area contributed by atoms with Gasteiger partial charge in [0.1, 0.15) is 0 Å². The van der Waals surface area contributed by atoms with E-state index in [0.717, 1.165) is 37.6 Å². The first-order valence-corrected chi connectivity index (χ1v) is 10.6. The maximum atomic E-state index is 12.4. The topological polar surface area (TPSA) is 53.4 Å². The molecule has 1 saturated heterocycles. The highest BCUT2D eigenvalue weighted by atomic mass is 16.2. The van der Waals surface area contributed by atoms with Gasteiger partial charge in [-0.3, -0.25) is 9.69 Å². The molecule has 3 fully saturated rings. The number of nitrogens with zero attached hydrogens (tertiary/aromatic N) is 4. The predicted octanol–water partition coefficient (Wildman–Crippen LogP) is 2.81. The van der Waals surface area contributed by atoms with Gasteiger partial charge in [-0.2, -0.15) is 5.10 Å². The second kappa shape index (κ2) is 7.33. The fraction of sp³-hybridized carbons (Fsp3) is 0.545. The Morgan fingerprint density at radius 2 is 1.71 bits per heavy atom. The minimum absolute atomic E-state index is 0.0612. The summed E-state index contributed by atoms with van der Waals surface area (Å²) in [5, 5.41) is 7.93. The average molecular weight is 380 g/mol. The van der Waals surface area contributed by atoms with Crippen LogP contribution >= 0.6 is 0 Å². The van der Waals surface area contributed by atoms with Gasteiger partial charge < -0.3 is 10.2 Å². The second-order valence-corrected chi connectivity index (χ2v) is 8.63. The number of piperazine rings is 1. The van der Waals surface area contributed by atoms with Crippen molar-refractivity contribution in [2.45, 2.75) is 37.5 Å². The molecule has 2 saturated carbocycles. The van der Waals surface area contributed by atoms with Crippen LogP contribution in [0.1, 0.15) is 48.9 Å². The molecule has 0 bridgehead atoms. The summed E-state index contributed by atoms with van der Waals surface area (Å²) >= 11 is 0. The number of rotatable bonds is 6. The number of hydrogen-bond acceptors (Lipinski definition) is 4. The summed E-state index contributed by atoms with van der Waals surface area (Å²) in [6, 6.07) is 10.4. The van der Waals surface area contributed by atoms with Crippen molar-refractivity contribution in [3.63, 3.8) is 0 Å². The van der Waals surface area contributed by atoms with E-state index in [1.165, 1.54) is 37.1 Å². The summed E-state index contributed by atoms with van der Waals surface area (Å²) in [5.41, 5.74) is 4.55. The van der Waals surface area contributed by atoms with Gasteiger partial charge in [0.2, 0.25) is 5.91 Å². The van der Waals surface area contributed by atoms with E-state index < -0.39 is 0 Å². The van der Waals surface area contributed by atoms with Crippen molar-refractivity contribution < 1.29 is 4.79 Å². The van der Waals surface area contributed by atoms with Crippen LogP contribution in [0.15, 0.2) is 30.3 Å². The summed E-state index contributed by atoms with van der Waals surface area (Å²) in [7, 11) is 2.13. The summed E-state index contributed by atoms with van der Waals surface area (Å²) in [5.74, 6) is 1.40. The molecule has 0 radical (unpaired) electrons. The first kappa shape index (κ1) is 17.9. The Morgan fingerprint density at radius 3 is 2.36 bits per heavy atom. The molecule has 2 aromatic rings. The fourth-order valence-corrected chi connectivity index (χ4v) is 3.97. The van der Waals surface area contributed by atoms with Crippen molar-refractivity contribution >= 4 is 11.6 Å². The lowest BCUT2D eigenvalue weighted by molar-refractivity contribution is -0.117. The highest BCUT2D eigenvalue weighted by Crippen LogP contribution is 2.45. The third kappa shape index (κ3) is 3.98. The van der Waals surface area contributed by atoms with Crippen LogP contribution in [0.3, 0.4) is 0 Å². The summed E-state index contributed by atoms with van der Waals surface area (Å²) in [4.78, 5) is 16.9. The number of aromatic nitrogens is 2. The summed E-state index contributed by atoms with van der Waals surface area (Å²) < 4.78 is 2.13. The molecule has 0 unspecified atom stereocenters. The number of carbonyl (C=O) groups excluding carboxylic acids is 1. The molecular formula is C22H29N5O. The monoisotopic (exact) mass is 379 g/mol. The fourth-order valence-electron chi connectivity index (χ4n) is 3.97. The van der Waals surface area contributed by atoms with E-state index in [0.29, 0.717) is 18.4 Å². The number of carbonyl (C=O) groups is 1. The lowest BCUT2D eigenvalue weighted by atomic mass is 10.2. The molecule has 2 aliphatic carbocycles. The standard InChI is InChI=1S/C22H29N5O/c1-25-10-12-26(13-11-25)15-22(28)23-18-6-8-19(9-7-18)27-21(17-4-5-17)14-20(24-27)16-2-3-16/h6-9,14,16-17H,2-5,10-13,15H2,1H3,(H,23,28). The Morgan fingerprint density at radius 1 is 1.04 bits per heavy atom. The van der Waals surface area contributed by atoms with Crippen LogP contribution in [0.2, 0.25) is 0 Å². The Labute approximate surface area is 166 Å². The Bertz CT molecular complexity index is 842. The van der Waals surface area contributed by atoms with Crippen molar-refractivity contribution in [3.8, 4) is 5.69 Å². The van der Waals surface area contributed by atoms with Gasteiger partial charge in [-0.05, 0) is 63.1 Å². The number of amides is 1. The van der Waals surface area contributed by atoms with Crippen molar-refractivity contribution in [2.75, 3.05) is 45.1 Å². The third-order valence-corrected chi connectivity index (χ3v) is 6.11. The smallest absolute Gasteiger partial charge is 0.238 e. The molecule has 5 rings (SSSR count). The lowest BCUT2D eigenvalue weighted by Crippen LogP contribution is -2.47. The van der Waals surface area contributed by atoms with Gasteiger partial charge in [0.25, 0.3) is 0 Å². The average Bonchev–Trinajstić information content (AvgIpc) is 3.63. The quantitative estimate of drug-likeness (QED) is 0.839. The molecule has 1 aromatic heterocycles. The summed E-state index contributed by atoms with van der Waals surface area (Å²) in [6.07, 6.45) is 5.10. The van der Waals surface area contributed by atoms with E-state index in [4.69, 9.17) is 5.10 Å². The van der Waals surface area contributed by atoms with Gasteiger partial charge in [0.05, 0.1) is 17.9 Å². The number of likely N-dealkylation sites (N-methyl/N-ethyl adjacent to an activating group) is 1.